The molecule has 21 heavy (non-hydrogen) atoms. The lowest BCUT2D eigenvalue weighted by atomic mass is 10.0. The van der Waals surface area contributed by atoms with E-state index in [4.69, 9.17) is 9.47 Å². The second-order valence-corrected chi connectivity index (χ2v) is 4.40. The molecular formula is C14H15F3N2O2. The molecule has 1 N–H and O–H groups in total. The molecule has 114 valence electrons. The van der Waals surface area contributed by atoms with Gasteiger partial charge in [0.1, 0.15) is 22.7 Å². The SMILES string of the molecule is CNc1c(C)c(C(F)(F)F)nc2c(OC)ccc(OC)c12. The average Bonchev–Trinajstić information content (AvgIpc) is 2.44. The first-order chi connectivity index (χ1) is 9.85. The number of nitrogens with zero attached hydrogens (tertiary/aromatic N) is 1. The standard InChI is InChI=1S/C14H15F3N2O2/c1-7-11(18-2)10-8(20-3)5-6-9(21-4)12(10)19-13(7)14(15,16)17/h5-6H,1-4H3,(H,18,19). The Morgan fingerprint density at radius 2 is 1.67 bits per heavy atom. The molecule has 0 saturated carbocycles. The lowest BCUT2D eigenvalue weighted by Gasteiger charge is -2.18. The molecule has 0 aliphatic rings. The molecule has 2 rings (SSSR count). The van der Waals surface area contributed by atoms with Crippen LogP contribution in [-0.4, -0.2) is 26.3 Å². The number of nitrogens with one attached hydrogen (secondary N) is 1. The summed E-state index contributed by atoms with van der Waals surface area (Å²) in [5, 5.41) is 3.26. The van der Waals surface area contributed by atoms with Gasteiger partial charge in [-0.1, -0.05) is 0 Å². The Morgan fingerprint density at radius 1 is 1.10 bits per heavy atom. The number of alkyl halides is 3. The van der Waals surface area contributed by atoms with Gasteiger partial charge < -0.3 is 14.8 Å². The summed E-state index contributed by atoms with van der Waals surface area (Å²) in [7, 11) is 4.39. The summed E-state index contributed by atoms with van der Waals surface area (Å²) in [5.74, 6) is 0.687. The monoisotopic (exact) mass is 300 g/mol. The van der Waals surface area contributed by atoms with Gasteiger partial charge in [-0.15, -0.1) is 0 Å². The van der Waals surface area contributed by atoms with Crippen LogP contribution in [-0.2, 0) is 6.18 Å². The lowest BCUT2D eigenvalue weighted by molar-refractivity contribution is -0.141. The number of rotatable bonds is 3. The predicted molar refractivity (Wildman–Crippen MR) is 74.1 cm³/mol. The fourth-order valence-corrected chi connectivity index (χ4v) is 2.33. The minimum absolute atomic E-state index is 0.0176. The lowest BCUT2D eigenvalue weighted by Crippen LogP contribution is -2.13. The zero-order chi connectivity index (χ0) is 15.8. The number of benzene rings is 1. The van der Waals surface area contributed by atoms with Gasteiger partial charge in [-0.3, -0.25) is 0 Å². The van der Waals surface area contributed by atoms with Crippen LogP contribution in [0.5, 0.6) is 11.5 Å². The van der Waals surface area contributed by atoms with Crippen LogP contribution >= 0.6 is 0 Å². The molecule has 0 spiro atoms. The van der Waals surface area contributed by atoms with Gasteiger partial charge in [0.25, 0.3) is 0 Å². The van der Waals surface area contributed by atoms with Crippen LogP contribution in [0, 0.1) is 6.92 Å². The maximum Gasteiger partial charge on any atom is 0.433 e. The molecule has 0 unspecified atom stereocenters. The van der Waals surface area contributed by atoms with Crippen molar-refractivity contribution >= 4 is 16.6 Å². The number of ether oxygens (including phenoxy) is 2. The van der Waals surface area contributed by atoms with Crippen LogP contribution < -0.4 is 14.8 Å². The van der Waals surface area contributed by atoms with E-state index in [9.17, 15) is 13.2 Å². The van der Waals surface area contributed by atoms with Gasteiger partial charge in [0.05, 0.1) is 25.3 Å². The molecule has 0 bridgehead atoms. The molecular weight excluding hydrogens is 285 g/mol. The molecule has 0 aliphatic heterocycles. The van der Waals surface area contributed by atoms with Gasteiger partial charge in [0.2, 0.25) is 0 Å². The first-order valence-electron chi connectivity index (χ1n) is 6.15. The molecule has 4 nitrogen and oxygen atoms in total. The molecule has 0 atom stereocenters. The molecule has 1 aromatic carbocycles. The third-order valence-corrected chi connectivity index (χ3v) is 3.26. The molecule has 0 amide bonds. The molecule has 7 heteroatoms. The third kappa shape index (κ3) is 2.43. The highest BCUT2D eigenvalue weighted by molar-refractivity contribution is 6.01. The van der Waals surface area contributed by atoms with Crippen molar-refractivity contribution < 1.29 is 22.6 Å². The van der Waals surface area contributed by atoms with Crippen molar-refractivity contribution in [2.75, 3.05) is 26.6 Å². The molecule has 2 aromatic rings. The summed E-state index contributed by atoms with van der Waals surface area (Å²) in [5.41, 5.74) is -0.489. The summed E-state index contributed by atoms with van der Waals surface area (Å²) >= 11 is 0. The smallest absolute Gasteiger partial charge is 0.433 e. The maximum absolute atomic E-state index is 13.1. The first kappa shape index (κ1) is 15.2. The van der Waals surface area contributed by atoms with E-state index in [0.29, 0.717) is 16.8 Å². The topological polar surface area (TPSA) is 43.4 Å². The van der Waals surface area contributed by atoms with Crippen molar-refractivity contribution in [3.63, 3.8) is 0 Å². The Hall–Kier alpha value is -2.18. The fourth-order valence-electron chi connectivity index (χ4n) is 2.33. The minimum atomic E-state index is -4.54. The quantitative estimate of drug-likeness (QED) is 0.940. The highest BCUT2D eigenvalue weighted by Gasteiger charge is 2.36. The fraction of sp³-hybridized carbons (Fsp3) is 0.357. The van der Waals surface area contributed by atoms with E-state index in [0.717, 1.165) is 0 Å². The van der Waals surface area contributed by atoms with Crippen LogP contribution in [0.2, 0.25) is 0 Å². The van der Waals surface area contributed by atoms with Gasteiger partial charge in [-0.25, -0.2) is 4.98 Å². The third-order valence-electron chi connectivity index (χ3n) is 3.26. The molecule has 1 aromatic heterocycles. The van der Waals surface area contributed by atoms with Crippen molar-refractivity contribution in [3.05, 3.63) is 23.4 Å². The van der Waals surface area contributed by atoms with E-state index < -0.39 is 11.9 Å². The summed E-state index contributed by atoms with van der Waals surface area (Å²) in [6, 6.07) is 3.17. The van der Waals surface area contributed by atoms with E-state index >= 15 is 0 Å². The number of hydrogen-bond acceptors (Lipinski definition) is 4. The number of pyridine rings is 1. The Balaban J connectivity index is 2.99. The molecule has 0 fully saturated rings. The predicted octanol–water partition coefficient (Wildman–Crippen LogP) is 3.62. The number of anilines is 1. The van der Waals surface area contributed by atoms with Crippen molar-refractivity contribution in [2.45, 2.75) is 13.1 Å². The molecule has 0 saturated heterocycles. The van der Waals surface area contributed by atoms with Crippen molar-refractivity contribution in [2.24, 2.45) is 0 Å². The largest absolute Gasteiger partial charge is 0.496 e. The molecule has 0 aliphatic carbocycles. The van der Waals surface area contributed by atoms with Crippen LogP contribution in [0.25, 0.3) is 10.9 Å². The Labute approximate surface area is 119 Å². The molecule has 0 radical (unpaired) electrons. The number of halogens is 3. The second-order valence-electron chi connectivity index (χ2n) is 4.40. The number of aromatic nitrogens is 1. The van der Waals surface area contributed by atoms with Gasteiger partial charge >= 0.3 is 6.18 Å². The zero-order valence-electron chi connectivity index (χ0n) is 12.1. The number of fused-ring (bicyclic) bond motifs is 1. The van der Waals surface area contributed by atoms with Crippen molar-refractivity contribution in [3.8, 4) is 11.5 Å². The summed E-state index contributed by atoms with van der Waals surface area (Å²) in [4.78, 5) is 3.76. The minimum Gasteiger partial charge on any atom is -0.496 e. The van der Waals surface area contributed by atoms with Gasteiger partial charge in [0, 0.05) is 12.6 Å². The number of hydrogen-bond donors (Lipinski definition) is 1. The van der Waals surface area contributed by atoms with Gasteiger partial charge in [-0.05, 0) is 19.1 Å². The average molecular weight is 300 g/mol. The maximum atomic E-state index is 13.1. The van der Waals surface area contributed by atoms with E-state index in [1.54, 1.807) is 13.1 Å². The second kappa shape index (κ2) is 5.31. The summed E-state index contributed by atoms with van der Waals surface area (Å²) in [6.07, 6.45) is -4.54. The summed E-state index contributed by atoms with van der Waals surface area (Å²) < 4.78 is 49.8. The number of methoxy groups -OCH3 is 2. The normalized spacial score (nSPS) is 11.6. The Bertz CT molecular complexity index is 684. The highest BCUT2D eigenvalue weighted by atomic mass is 19.4. The van der Waals surface area contributed by atoms with E-state index in [-0.39, 0.29) is 16.8 Å². The van der Waals surface area contributed by atoms with Crippen molar-refractivity contribution in [1.29, 1.82) is 0 Å². The van der Waals surface area contributed by atoms with Crippen molar-refractivity contribution in [1.82, 2.24) is 4.98 Å². The summed E-state index contributed by atoms with van der Waals surface area (Å²) in [6.45, 7) is 1.38. The van der Waals surface area contributed by atoms with Gasteiger partial charge in [-0.2, -0.15) is 13.2 Å². The van der Waals surface area contributed by atoms with E-state index in [1.165, 1.54) is 27.2 Å². The highest BCUT2D eigenvalue weighted by Crippen LogP contribution is 2.42. The first-order valence-corrected chi connectivity index (χ1v) is 6.15. The molecule has 1 heterocycles. The van der Waals surface area contributed by atoms with Crippen LogP contribution in [0.3, 0.4) is 0 Å². The van der Waals surface area contributed by atoms with Crippen LogP contribution in [0.15, 0.2) is 12.1 Å². The van der Waals surface area contributed by atoms with Crippen LogP contribution in [0.1, 0.15) is 11.3 Å². The Morgan fingerprint density at radius 3 is 2.14 bits per heavy atom. The zero-order valence-corrected chi connectivity index (χ0v) is 12.1. The van der Waals surface area contributed by atoms with E-state index in [1.807, 2.05) is 0 Å². The van der Waals surface area contributed by atoms with E-state index in [2.05, 4.69) is 10.3 Å². The Kier molecular flexibility index (Phi) is 3.85. The van der Waals surface area contributed by atoms with Crippen LogP contribution in [0.4, 0.5) is 18.9 Å². The van der Waals surface area contributed by atoms with Gasteiger partial charge in [0.15, 0.2) is 0 Å².